The van der Waals surface area contributed by atoms with Crippen LogP contribution in [-0.4, -0.2) is 6.71 Å². The number of aryl methyl sites for hydroxylation is 1. The zero-order valence-corrected chi connectivity index (χ0v) is 42.3. The van der Waals surface area contributed by atoms with Crippen LogP contribution in [0.15, 0.2) is 162 Å². The molecule has 1 aromatic heterocycles. The predicted molar refractivity (Wildman–Crippen MR) is 296 cm³/mol. The van der Waals surface area contributed by atoms with E-state index >= 15 is 0 Å². The zero-order valence-electron chi connectivity index (χ0n) is 42.3. The first-order valence-electron chi connectivity index (χ1n) is 25.2. The van der Waals surface area contributed by atoms with Crippen molar-refractivity contribution in [1.82, 2.24) is 0 Å². The van der Waals surface area contributed by atoms with Crippen LogP contribution in [-0.2, 0) is 21.7 Å². The minimum absolute atomic E-state index is 0.0154. The molecule has 0 radical (unpaired) electrons. The van der Waals surface area contributed by atoms with Crippen LogP contribution in [0.5, 0.6) is 0 Å². The monoisotopic (exact) mass is 899 g/mol. The molecule has 0 amide bonds. The van der Waals surface area contributed by atoms with Crippen LogP contribution in [0.3, 0.4) is 0 Å². The second kappa shape index (κ2) is 15.1. The molecule has 3 heterocycles. The van der Waals surface area contributed by atoms with Crippen molar-refractivity contribution >= 4 is 79.2 Å². The highest BCUT2D eigenvalue weighted by Gasteiger charge is 2.48. The Morgan fingerprint density at radius 3 is 1.72 bits per heavy atom. The van der Waals surface area contributed by atoms with Gasteiger partial charge in [-0.15, -0.1) is 0 Å². The van der Waals surface area contributed by atoms with E-state index in [-0.39, 0.29) is 28.4 Å². The van der Waals surface area contributed by atoms with Gasteiger partial charge in [-0.1, -0.05) is 178 Å². The molecule has 0 atom stereocenters. The number of anilines is 6. The summed E-state index contributed by atoms with van der Waals surface area (Å²) in [6.45, 7) is 26.0. The third-order valence-electron chi connectivity index (χ3n) is 16.1. The quantitative estimate of drug-likeness (QED) is 0.164. The number of benzene rings is 8. The SMILES string of the molecule is Cc1cc(C(C)(C)C)ccc1N1c2cc3c(cc2B2c4ccc5oc6ccc(C(C)(C)C)cc6c5c4N(c4ccccc4-c4ccccc4)c4cc(-c5ccccc5)cc1c42)C(C)(C)CCC3(C)C. The molecule has 342 valence electrons. The minimum atomic E-state index is -0.0679. The van der Waals surface area contributed by atoms with E-state index in [1.165, 1.54) is 94.9 Å². The first-order valence-corrected chi connectivity index (χ1v) is 25.2. The van der Waals surface area contributed by atoms with Crippen LogP contribution in [0.2, 0.25) is 0 Å². The van der Waals surface area contributed by atoms with Crippen LogP contribution in [0.25, 0.3) is 44.2 Å². The molecule has 9 aromatic rings. The topological polar surface area (TPSA) is 19.6 Å². The summed E-state index contributed by atoms with van der Waals surface area (Å²) in [5.74, 6) is 0. The zero-order chi connectivity index (χ0) is 47.9. The van der Waals surface area contributed by atoms with Crippen molar-refractivity contribution < 1.29 is 4.42 Å². The number of furan rings is 1. The van der Waals surface area contributed by atoms with Crippen molar-refractivity contribution in [3.63, 3.8) is 0 Å². The lowest BCUT2D eigenvalue weighted by molar-refractivity contribution is 0.332. The Labute approximate surface area is 409 Å². The van der Waals surface area contributed by atoms with Crippen molar-refractivity contribution in [2.75, 3.05) is 9.80 Å². The summed E-state index contributed by atoms with van der Waals surface area (Å²) in [7, 11) is 0. The third kappa shape index (κ3) is 6.76. The first kappa shape index (κ1) is 43.5. The van der Waals surface area contributed by atoms with Crippen LogP contribution in [0.4, 0.5) is 34.1 Å². The maximum absolute atomic E-state index is 6.95. The fourth-order valence-corrected chi connectivity index (χ4v) is 12.1. The summed E-state index contributed by atoms with van der Waals surface area (Å²) >= 11 is 0. The van der Waals surface area contributed by atoms with Gasteiger partial charge >= 0.3 is 0 Å². The first-order chi connectivity index (χ1) is 32.9. The molecule has 0 saturated carbocycles. The Kier molecular flexibility index (Phi) is 9.53. The minimum Gasteiger partial charge on any atom is -0.456 e. The van der Waals surface area contributed by atoms with Gasteiger partial charge in [0.2, 0.25) is 0 Å². The standard InChI is InChI=1S/C65H63BN2O/c1-40-34-44(62(2,3)4)26-29-52(40)67-54-39-49-48(64(8,9)32-33-65(49,10)11)38-51(54)66-50-28-31-58-59(47-37-45(63(5,6)7)27-30-57(47)69-58)61(50)68(53-25-19-18-24-46(53)42-22-16-13-17-23-42)56-36-43(35-55(67)60(56)66)41-20-14-12-15-21-41/h12-31,34-39H,32-33H2,1-11H3. The number of rotatable bonds is 4. The maximum Gasteiger partial charge on any atom is 0.252 e. The van der Waals surface area contributed by atoms with Gasteiger partial charge in [-0.05, 0) is 151 Å². The van der Waals surface area contributed by atoms with Crippen molar-refractivity contribution in [2.45, 2.75) is 111 Å². The molecule has 3 aliphatic rings. The molecule has 69 heavy (non-hydrogen) atoms. The molecule has 3 nitrogen and oxygen atoms in total. The van der Waals surface area contributed by atoms with E-state index in [1.807, 2.05) is 0 Å². The predicted octanol–water partition coefficient (Wildman–Crippen LogP) is 16.3. The molecule has 0 unspecified atom stereocenters. The average Bonchev–Trinajstić information content (AvgIpc) is 3.71. The smallest absolute Gasteiger partial charge is 0.252 e. The summed E-state index contributed by atoms with van der Waals surface area (Å²) < 4.78 is 6.95. The van der Waals surface area contributed by atoms with E-state index in [9.17, 15) is 0 Å². The second-order valence-corrected chi connectivity index (χ2v) is 23.7. The summed E-state index contributed by atoms with van der Waals surface area (Å²) in [5, 5.41) is 2.31. The maximum atomic E-state index is 6.95. The lowest BCUT2D eigenvalue weighted by Gasteiger charge is -2.48. The third-order valence-corrected chi connectivity index (χ3v) is 16.1. The van der Waals surface area contributed by atoms with Crippen molar-refractivity contribution in [3.8, 4) is 22.3 Å². The van der Waals surface area contributed by atoms with E-state index in [0.717, 1.165) is 40.5 Å². The van der Waals surface area contributed by atoms with Crippen LogP contribution in [0, 0.1) is 6.92 Å². The van der Waals surface area contributed by atoms with E-state index < -0.39 is 0 Å². The summed E-state index contributed by atoms with van der Waals surface area (Å²) in [4.78, 5) is 5.29. The largest absolute Gasteiger partial charge is 0.456 e. The number of nitrogens with zero attached hydrogens (tertiary/aromatic N) is 2. The highest BCUT2D eigenvalue weighted by molar-refractivity contribution is 7.00. The van der Waals surface area contributed by atoms with Gasteiger partial charge in [-0.3, -0.25) is 0 Å². The molecular formula is C65H63BN2O. The molecule has 12 rings (SSSR count). The fraction of sp³-hybridized carbons (Fsp3) is 0.262. The van der Waals surface area contributed by atoms with E-state index in [2.05, 4.69) is 244 Å². The Morgan fingerprint density at radius 1 is 0.478 bits per heavy atom. The lowest BCUT2D eigenvalue weighted by atomic mass is 9.33. The molecule has 0 saturated heterocycles. The Morgan fingerprint density at radius 2 is 1.06 bits per heavy atom. The summed E-state index contributed by atoms with van der Waals surface area (Å²) in [6, 6.07) is 60.0. The molecular weight excluding hydrogens is 836 g/mol. The van der Waals surface area contributed by atoms with Crippen LogP contribution >= 0.6 is 0 Å². The van der Waals surface area contributed by atoms with Gasteiger partial charge in [0, 0.05) is 33.7 Å². The van der Waals surface area contributed by atoms with E-state index in [0.29, 0.717) is 0 Å². The van der Waals surface area contributed by atoms with E-state index in [4.69, 9.17) is 4.42 Å². The van der Waals surface area contributed by atoms with Crippen LogP contribution in [0.1, 0.15) is 110 Å². The highest BCUT2D eigenvalue weighted by Crippen LogP contribution is 2.54. The number of para-hydroxylation sites is 1. The Hall–Kier alpha value is -6.78. The van der Waals surface area contributed by atoms with Gasteiger partial charge in [0.05, 0.1) is 16.8 Å². The molecule has 2 aliphatic heterocycles. The Balaban J connectivity index is 1.28. The van der Waals surface area contributed by atoms with Crippen molar-refractivity contribution in [2.24, 2.45) is 0 Å². The molecule has 0 bridgehead atoms. The summed E-state index contributed by atoms with van der Waals surface area (Å²) in [6.07, 6.45) is 2.29. The van der Waals surface area contributed by atoms with Crippen LogP contribution < -0.4 is 26.2 Å². The van der Waals surface area contributed by atoms with Gasteiger partial charge in [0.15, 0.2) is 0 Å². The molecule has 8 aromatic carbocycles. The molecule has 0 spiro atoms. The Bertz CT molecular complexity index is 3550. The number of fused-ring (bicyclic) bond motifs is 9. The van der Waals surface area contributed by atoms with Gasteiger partial charge in [-0.25, -0.2) is 0 Å². The fourth-order valence-electron chi connectivity index (χ4n) is 12.1. The molecule has 1 aliphatic carbocycles. The van der Waals surface area contributed by atoms with Crippen molar-refractivity contribution in [1.29, 1.82) is 0 Å². The molecule has 0 fully saturated rings. The number of hydrogen-bond acceptors (Lipinski definition) is 3. The summed E-state index contributed by atoms with van der Waals surface area (Å²) in [5.41, 5.74) is 24.6. The van der Waals surface area contributed by atoms with Gasteiger partial charge in [0.25, 0.3) is 6.71 Å². The normalized spacial score (nSPS) is 15.8. The lowest BCUT2D eigenvalue weighted by Crippen LogP contribution is -2.62. The van der Waals surface area contributed by atoms with E-state index in [1.54, 1.807) is 0 Å². The van der Waals surface area contributed by atoms with Crippen molar-refractivity contribution in [3.05, 3.63) is 186 Å². The highest BCUT2D eigenvalue weighted by atomic mass is 16.3. The van der Waals surface area contributed by atoms with Gasteiger partial charge in [-0.2, -0.15) is 0 Å². The number of hydrogen-bond donors (Lipinski definition) is 0. The van der Waals surface area contributed by atoms with Gasteiger partial charge < -0.3 is 14.2 Å². The average molecular weight is 899 g/mol. The molecule has 0 N–H and O–H groups in total. The second-order valence-electron chi connectivity index (χ2n) is 23.7. The van der Waals surface area contributed by atoms with Gasteiger partial charge in [0.1, 0.15) is 11.2 Å². The molecule has 4 heteroatoms.